The third-order valence-corrected chi connectivity index (χ3v) is 2.84. The molecular formula is C14H12ClN3O3. The number of anilines is 1. The predicted octanol–water partition coefficient (Wildman–Crippen LogP) is 2.91. The van der Waals surface area contributed by atoms with Gasteiger partial charge in [0.25, 0.3) is 5.24 Å². The molecule has 1 N–H and O–H groups in total. The minimum Gasteiger partial charge on any atom is -0.444 e. The summed E-state index contributed by atoms with van der Waals surface area (Å²) >= 11 is 5.42. The topological polar surface area (TPSA) is 81.2 Å². The normalized spacial score (nSPS) is 10.0. The molecule has 0 aliphatic carbocycles. The minimum absolute atomic E-state index is 0.0687. The number of nitrogens with zero attached hydrogens (tertiary/aromatic N) is 2. The largest absolute Gasteiger partial charge is 0.444 e. The molecule has 0 saturated heterocycles. The highest BCUT2D eigenvalue weighted by molar-refractivity contribution is 6.68. The summed E-state index contributed by atoms with van der Waals surface area (Å²) < 4.78 is 5.06. The number of hydrogen-bond acceptors (Lipinski definition) is 5. The maximum absolute atomic E-state index is 11.8. The maximum atomic E-state index is 11.8. The summed E-state index contributed by atoms with van der Waals surface area (Å²) in [7, 11) is 0. The highest BCUT2D eigenvalue weighted by atomic mass is 35.5. The molecule has 0 bridgehead atoms. The van der Waals surface area contributed by atoms with Gasteiger partial charge in [-0.25, -0.2) is 14.8 Å². The van der Waals surface area contributed by atoms with Crippen LogP contribution in [-0.2, 0) is 11.3 Å². The number of ether oxygens (including phenoxy) is 1. The molecule has 1 aromatic carbocycles. The van der Waals surface area contributed by atoms with Crippen LogP contribution in [0.2, 0.25) is 0 Å². The standard InChI is InChI=1S/C14H12ClN3O3/c1-9-11(12(13(15)19)17-8-16-9)18-14(20)21-7-10-5-3-2-4-6-10/h2-6,8H,7H2,1H3,(H,18,20). The SMILES string of the molecule is Cc1ncnc(C(=O)Cl)c1NC(=O)OCc1ccccc1. The first-order valence-corrected chi connectivity index (χ1v) is 6.45. The molecule has 21 heavy (non-hydrogen) atoms. The van der Waals surface area contributed by atoms with E-state index in [2.05, 4.69) is 15.3 Å². The second-order valence-corrected chi connectivity index (χ2v) is 4.49. The molecule has 7 heteroatoms. The number of carbonyl (C=O) groups excluding carboxylic acids is 2. The van der Waals surface area contributed by atoms with Gasteiger partial charge in [0.2, 0.25) is 0 Å². The Morgan fingerprint density at radius 1 is 1.24 bits per heavy atom. The van der Waals surface area contributed by atoms with Crippen LogP contribution in [-0.4, -0.2) is 21.3 Å². The quantitative estimate of drug-likeness (QED) is 0.878. The molecule has 1 amide bonds. The van der Waals surface area contributed by atoms with Gasteiger partial charge in [-0.15, -0.1) is 0 Å². The molecule has 1 heterocycles. The van der Waals surface area contributed by atoms with E-state index in [1.54, 1.807) is 6.92 Å². The van der Waals surface area contributed by atoms with Crippen molar-refractivity contribution in [2.24, 2.45) is 0 Å². The van der Waals surface area contributed by atoms with Gasteiger partial charge in [-0.2, -0.15) is 0 Å². The van der Waals surface area contributed by atoms with Gasteiger partial charge in [0.1, 0.15) is 18.6 Å². The Morgan fingerprint density at radius 3 is 2.62 bits per heavy atom. The summed E-state index contributed by atoms with van der Waals surface area (Å²) in [6.07, 6.45) is 0.488. The van der Waals surface area contributed by atoms with Gasteiger partial charge in [0, 0.05) is 0 Å². The van der Waals surface area contributed by atoms with E-state index in [9.17, 15) is 9.59 Å². The van der Waals surface area contributed by atoms with Gasteiger partial charge in [0.05, 0.1) is 11.4 Å². The lowest BCUT2D eigenvalue weighted by Gasteiger charge is -2.10. The van der Waals surface area contributed by atoms with Gasteiger partial charge in [-0.3, -0.25) is 10.1 Å². The number of halogens is 1. The van der Waals surface area contributed by atoms with Gasteiger partial charge in [-0.1, -0.05) is 30.3 Å². The zero-order chi connectivity index (χ0) is 15.2. The Hall–Kier alpha value is -2.47. The molecular weight excluding hydrogens is 294 g/mol. The number of aryl methyl sites for hydroxylation is 1. The van der Waals surface area contributed by atoms with Crippen LogP contribution in [0.15, 0.2) is 36.7 Å². The van der Waals surface area contributed by atoms with E-state index in [4.69, 9.17) is 16.3 Å². The zero-order valence-electron chi connectivity index (χ0n) is 11.2. The minimum atomic E-state index is -0.779. The molecule has 6 nitrogen and oxygen atoms in total. The third kappa shape index (κ3) is 4.00. The molecule has 108 valence electrons. The molecule has 0 atom stereocenters. The number of benzene rings is 1. The number of nitrogens with one attached hydrogen (secondary N) is 1. The Kier molecular flexibility index (Phi) is 4.84. The molecule has 0 aliphatic rings. The van der Waals surface area contributed by atoms with Crippen molar-refractivity contribution in [3.63, 3.8) is 0 Å². The fraction of sp³-hybridized carbons (Fsp3) is 0.143. The number of amides is 1. The van der Waals surface area contributed by atoms with Crippen molar-refractivity contribution in [3.8, 4) is 0 Å². The first-order valence-electron chi connectivity index (χ1n) is 6.07. The lowest BCUT2D eigenvalue weighted by molar-refractivity contribution is 0.107. The van der Waals surface area contributed by atoms with Crippen molar-refractivity contribution in [1.82, 2.24) is 9.97 Å². The molecule has 0 radical (unpaired) electrons. The van der Waals surface area contributed by atoms with Crippen LogP contribution in [0.25, 0.3) is 0 Å². The van der Waals surface area contributed by atoms with Gasteiger partial charge < -0.3 is 4.74 Å². The summed E-state index contributed by atoms with van der Waals surface area (Å²) in [5.41, 5.74) is 1.35. The number of aromatic nitrogens is 2. The van der Waals surface area contributed by atoms with Crippen molar-refractivity contribution in [3.05, 3.63) is 53.6 Å². The van der Waals surface area contributed by atoms with Crippen LogP contribution in [0.4, 0.5) is 10.5 Å². The van der Waals surface area contributed by atoms with Crippen LogP contribution < -0.4 is 5.32 Å². The Balaban J connectivity index is 2.05. The first-order chi connectivity index (χ1) is 10.1. The molecule has 0 fully saturated rings. The summed E-state index contributed by atoms with van der Waals surface area (Å²) in [6.45, 7) is 1.74. The molecule has 2 rings (SSSR count). The zero-order valence-corrected chi connectivity index (χ0v) is 11.9. The monoisotopic (exact) mass is 305 g/mol. The summed E-state index contributed by atoms with van der Waals surface area (Å²) in [4.78, 5) is 30.7. The highest BCUT2D eigenvalue weighted by Crippen LogP contribution is 2.18. The van der Waals surface area contributed by atoms with E-state index in [1.165, 1.54) is 6.33 Å². The van der Waals surface area contributed by atoms with Crippen molar-refractivity contribution < 1.29 is 14.3 Å². The van der Waals surface area contributed by atoms with Gasteiger partial charge in [-0.05, 0) is 24.1 Å². The maximum Gasteiger partial charge on any atom is 0.412 e. The van der Waals surface area contributed by atoms with E-state index in [0.717, 1.165) is 5.56 Å². The van der Waals surface area contributed by atoms with Crippen molar-refractivity contribution in [1.29, 1.82) is 0 Å². The van der Waals surface area contributed by atoms with E-state index in [-0.39, 0.29) is 18.0 Å². The first kappa shape index (κ1) is 14.9. The molecule has 0 unspecified atom stereocenters. The van der Waals surface area contributed by atoms with E-state index < -0.39 is 11.3 Å². The molecule has 2 aromatic rings. The molecule has 0 spiro atoms. The Labute approximate surface area is 126 Å². The summed E-state index contributed by atoms with van der Waals surface area (Å²) in [5.74, 6) is 0. The molecule has 1 aromatic heterocycles. The smallest absolute Gasteiger partial charge is 0.412 e. The second kappa shape index (κ2) is 6.81. The summed E-state index contributed by atoms with van der Waals surface area (Å²) in [6, 6.07) is 9.22. The van der Waals surface area contributed by atoms with Crippen molar-refractivity contribution >= 4 is 28.6 Å². The summed E-state index contributed by atoms with van der Waals surface area (Å²) in [5, 5.41) is 1.66. The van der Waals surface area contributed by atoms with Crippen LogP contribution in [0.5, 0.6) is 0 Å². The Bertz CT molecular complexity index is 662. The van der Waals surface area contributed by atoms with Crippen LogP contribution in [0, 0.1) is 6.92 Å². The second-order valence-electron chi connectivity index (χ2n) is 4.14. The lowest BCUT2D eigenvalue weighted by Crippen LogP contribution is -2.17. The Morgan fingerprint density at radius 2 is 1.95 bits per heavy atom. The predicted molar refractivity (Wildman–Crippen MR) is 77.2 cm³/mol. The van der Waals surface area contributed by atoms with E-state index >= 15 is 0 Å². The van der Waals surface area contributed by atoms with Gasteiger partial charge in [0.15, 0.2) is 0 Å². The van der Waals surface area contributed by atoms with E-state index in [0.29, 0.717) is 5.69 Å². The average molecular weight is 306 g/mol. The van der Waals surface area contributed by atoms with Crippen molar-refractivity contribution in [2.45, 2.75) is 13.5 Å². The van der Waals surface area contributed by atoms with E-state index in [1.807, 2.05) is 30.3 Å². The average Bonchev–Trinajstić information content (AvgIpc) is 2.48. The van der Waals surface area contributed by atoms with Crippen LogP contribution in [0.3, 0.4) is 0 Å². The fourth-order valence-electron chi connectivity index (χ4n) is 1.63. The highest BCUT2D eigenvalue weighted by Gasteiger charge is 2.17. The van der Waals surface area contributed by atoms with Crippen molar-refractivity contribution in [2.75, 3.05) is 5.32 Å². The fourth-order valence-corrected chi connectivity index (χ4v) is 1.78. The number of carbonyl (C=O) groups is 2. The lowest BCUT2D eigenvalue weighted by atomic mass is 10.2. The van der Waals surface area contributed by atoms with Crippen LogP contribution >= 0.6 is 11.6 Å². The number of rotatable bonds is 4. The third-order valence-electron chi connectivity index (χ3n) is 2.66. The van der Waals surface area contributed by atoms with Gasteiger partial charge >= 0.3 is 6.09 Å². The molecule has 0 saturated carbocycles. The van der Waals surface area contributed by atoms with Crippen LogP contribution in [0.1, 0.15) is 21.7 Å². The molecule has 0 aliphatic heterocycles. The number of hydrogen-bond donors (Lipinski definition) is 1.